The van der Waals surface area contributed by atoms with Gasteiger partial charge in [-0.05, 0) is 44.4 Å². The van der Waals surface area contributed by atoms with Gasteiger partial charge >= 0.3 is 0 Å². The van der Waals surface area contributed by atoms with Gasteiger partial charge in [-0.25, -0.2) is 8.42 Å². The molecule has 1 aliphatic rings. The second-order valence-electron chi connectivity index (χ2n) is 6.38. The number of nitrogens with zero attached hydrogens (tertiary/aromatic N) is 2. The molecule has 146 valence electrons. The van der Waals surface area contributed by atoms with E-state index in [9.17, 15) is 13.2 Å². The van der Waals surface area contributed by atoms with E-state index in [2.05, 4.69) is 10.5 Å². The minimum absolute atomic E-state index is 0.0305. The average molecular weight is 432 g/mol. The largest absolute Gasteiger partial charge is 0.360 e. The van der Waals surface area contributed by atoms with Crippen LogP contribution in [-0.2, 0) is 21.4 Å². The predicted octanol–water partition coefficient (Wildman–Crippen LogP) is 3.07. The summed E-state index contributed by atoms with van der Waals surface area (Å²) >= 11 is 12.0. The van der Waals surface area contributed by atoms with Gasteiger partial charge in [0.05, 0.1) is 0 Å². The van der Waals surface area contributed by atoms with Crippen LogP contribution < -0.4 is 5.32 Å². The van der Waals surface area contributed by atoms with Gasteiger partial charge in [-0.15, -0.1) is 0 Å². The van der Waals surface area contributed by atoms with Gasteiger partial charge in [0.25, 0.3) is 0 Å². The van der Waals surface area contributed by atoms with E-state index in [1.165, 1.54) is 4.31 Å². The molecule has 1 atom stereocenters. The van der Waals surface area contributed by atoms with Crippen LogP contribution in [0.15, 0.2) is 27.6 Å². The van der Waals surface area contributed by atoms with Crippen molar-refractivity contribution in [1.29, 1.82) is 0 Å². The van der Waals surface area contributed by atoms with Gasteiger partial charge in [0, 0.05) is 23.1 Å². The van der Waals surface area contributed by atoms with Crippen molar-refractivity contribution < 1.29 is 17.7 Å². The third-order valence-electron chi connectivity index (χ3n) is 4.51. The molecule has 1 aromatic carbocycles. The van der Waals surface area contributed by atoms with Crippen LogP contribution in [0.25, 0.3) is 0 Å². The summed E-state index contributed by atoms with van der Waals surface area (Å²) in [6, 6.07) is 4.21. The van der Waals surface area contributed by atoms with Gasteiger partial charge in [0.2, 0.25) is 15.9 Å². The second kappa shape index (κ2) is 7.79. The molecule has 0 bridgehead atoms. The highest BCUT2D eigenvalue weighted by molar-refractivity contribution is 7.89. The number of amides is 1. The number of rotatable bonds is 5. The molecule has 0 saturated carbocycles. The summed E-state index contributed by atoms with van der Waals surface area (Å²) in [4.78, 5) is 12.7. The van der Waals surface area contributed by atoms with Crippen molar-refractivity contribution in [2.45, 2.75) is 44.2 Å². The Balaban J connectivity index is 1.77. The maximum atomic E-state index is 13.0. The maximum absolute atomic E-state index is 13.0. The van der Waals surface area contributed by atoms with E-state index in [4.69, 9.17) is 27.7 Å². The molecule has 3 rings (SSSR count). The third-order valence-corrected chi connectivity index (χ3v) is 7.25. The van der Waals surface area contributed by atoms with E-state index in [1.54, 1.807) is 32.0 Å². The second-order valence-corrected chi connectivity index (χ2v) is 9.05. The molecule has 0 unspecified atom stereocenters. The molecule has 1 N–H and O–H groups in total. The Morgan fingerprint density at radius 2 is 2.11 bits per heavy atom. The lowest BCUT2D eigenvalue weighted by Gasteiger charge is -2.23. The summed E-state index contributed by atoms with van der Waals surface area (Å²) in [6.45, 7) is 3.56. The number of aryl methyl sites for hydroxylation is 2. The predicted molar refractivity (Wildman–Crippen MR) is 101 cm³/mol. The topological polar surface area (TPSA) is 92.5 Å². The molecule has 0 radical (unpaired) electrons. The summed E-state index contributed by atoms with van der Waals surface area (Å²) in [6.07, 6.45) is 1.05. The first-order valence-corrected chi connectivity index (χ1v) is 10.6. The van der Waals surface area contributed by atoms with E-state index < -0.39 is 16.1 Å². The van der Waals surface area contributed by atoms with Crippen LogP contribution in [0.2, 0.25) is 10.0 Å². The van der Waals surface area contributed by atoms with Gasteiger partial charge < -0.3 is 9.84 Å². The molecule has 1 amide bonds. The molecule has 2 heterocycles. The van der Waals surface area contributed by atoms with E-state index in [0.717, 1.165) is 0 Å². The van der Waals surface area contributed by atoms with Crippen LogP contribution in [0.1, 0.15) is 29.9 Å². The number of sulfonamides is 1. The first-order valence-electron chi connectivity index (χ1n) is 8.38. The molecule has 2 aromatic rings. The zero-order chi connectivity index (χ0) is 19.8. The SMILES string of the molecule is Cc1noc(C)c1S(=O)(=O)N1CCC[C@H]1C(=O)NCc1ccc(Cl)cc1Cl. The fourth-order valence-electron chi connectivity index (χ4n) is 3.22. The van der Waals surface area contributed by atoms with Crippen molar-refractivity contribution in [3.05, 3.63) is 45.3 Å². The van der Waals surface area contributed by atoms with E-state index in [-0.39, 0.29) is 35.3 Å². The summed E-state index contributed by atoms with van der Waals surface area (Å²) in [5, 5.41) is 7.42. The summed E-state index contributed by atoms with van der Waals surface area (Å²) in [5.41, 5.74) is 0.985. The Hall–Kier alpha value is -1.61. The van der Waals surface area contributed by atoms with Gasteiger partial charge in [-0.2, -0.15) is 4.31 Å². The molecule has 7 nitrogen and oxygen atoms in total. The fraction of sp³-hybridized carbons (Fsp3) is 0.412. The van der Waals surface area contributed by atoms with Crippen LogP contribution in [0, 0.1) is 13.8 Å². The van der Waals surface area contributed by atoms with Crippen molar-refractivity contribution in [1.82, 2.24) is 14.8 Å². The summed E-state index contributed by atoms with van der Waals surface area (Å²) in [5.74, 6) is -0.152. The molecule has 10 heteroatoms. The smallest absolute Gasteiger partial charge is 0.249 e. The fourth-order valence-corrected chi connectivity index (χ4v) is 5.64. The van der Waals surface area contributed by atoms with Gasteiger partial charge in [-0.3, -0.25) is 4.79 Å². The molecule has 0 aliphatic carbocycles. The zero-order valence-electron chi connectivity index (χ0n) is 14.8. The first kappa shape index (κ1) is 20.1. The number of halogens is 2. The van der Waals surface area contributed by atoms with Crippen LogP contribution in [0.3, 0.4) is 0 Å². The quantitative estimate of drug-likeness (QED) is 0.784. The molecular weight excluding hydrogens is 413 g/mol. The average Bonchev–Trinajstić information content (AvgIpc) is 3.21. The normalized spacial score (nSPS) is 18.0. The molecule has 1 aromatic heterocycles. The summed E-state index contributed by atoms with van der Waals surface area (Å²) < 4.78 is 32.3. The number of carbonyl (C=O) groups is 1. The minimum Gasteiger partial charge on any atom is -0.360 e. The Kier molecular flexibility index (Phi) is 5.81. The van der Waals surface area contributed by atoms with E-state index >= 15 is 0 Å². The minimum atomic E-state index is -3.87. The molecule has 1 fully saturated rings. The van der Waals surface area contributed by atoms with E-state index in [0.29, 0.717) is 28.5 Å². The number of hydrogen-bond acceptors (Lipinski definition) is 5. The highest BCUT2D eigenvalue weighted by atomic mass is 35.5. The third kappa shape index (κ3) is 3.99. The van der Waals surface area contributed by atoms with Crippen molar-refractivity contribution in [2.75, 3.05) is 6.54 Å². The monoisotopic (exact) mass is 431 g/mol. The molecule has 0 spiro atoms. The Morgan fingerprint density at radius 3 is 2.74 bits per heavy atom. The van der Waals surface area contributed by atoms with Crippen LogP contribution in [-0.4, -0.2) is 36.4 Å². The summed E-state index contributed by atoms with van der Waals surface area (Å²) in [7, 11) is -3.87. The van der Waals surface area contributed by atoms with Gasteiger partial charge in [0.15, 0.2) is 5.76 Å². The van der Waals surface area contributed by atoms with Crippen molar-refractivity contribution >= 4 is 39.1 Å². The number of hydrogen-bond donors (Lipinski definition) is 1. The lowest BCUT2D eigenvalue weighted by atomic mass is 10.2. The lowest BCUT2D eigenvalue weighted by Crippen LogP contribution is -2.45. The Bertz CT molecular complexity index is 955. The number of aromatic nitrogens is 1. The van der Waals surface area contributed by atoms with Crippen LogP contribution in [0.4, 0.5) is 0 Å². The molecule has 27 heavy (non-hydrogen) atoms. The highest BCUT2D eigenvalue weighted by Crippen LogP contribution is 2.30. The molecule has 1 saturated heterocycles. The van der Waals surface area contributed by atoms with Crippen molar-refractivity contribution in [3.8, 4) is 0 Å². The first-order chi connectivity index (χ1) is 12.7. The standard InChI is InChI=1S/C17H19Cl2N3O4S/c1-10-16(11(2)26-21-10)27(24,25)22-7-3-4-15(22)17(23)20-9-12-5-6-13(18)8-14(12)19/h5-6,8,15H,3-4,7,9H2,1-2H3,(H,20,23)/t15-/m0/s1. The number of carbonyl (C=O) groups excluding carboxylic acids is 1. The molecule has 1 aliphatic heterocycles. The van der Waals surface area contributed by atoms with Crippen LogP contribution >= 0.6 is 23.2 Å². The van der Waals surface area contributed by atoms with E-state index in [1.807, 2.05) is 0 Å². The number of benzene rings is 1. The van der Waals surface area contributed by atoms with Gasteiger partial charge in [0.1, 0.15) is 16.6 Å². The Labute approximate surface area is 167 Å². The zero-order valence-corrected chi connectivity index (χ0v) is 17.2. The Morgan fingerprint density at radius 1 is 1.37 bits per heavy atom. The maximum Gasteiger partial charge on any atom is 0.249 e. The van der Waals surface area contributed by atoms with Crippen molar-refractivity contribution in [2.24, 2.45) is 0 Å². The van der Waals surface area contributed by atoms with Crippen LogP contribution in [0.5, 0.6) is 0 Å². The van der Waals surface area contributed by atoms with Crippen molar-refractivity contribution in [3.63, 3.8) is 0 Å². The lowest BCUT2D eigenvalue weighted by molar-refractivity contribution is -0.124. The molecular formula is C17H19Cl2N3O4S. The number of nitrogens with one attached hydrogen (secondary N) is 1. The van der Waals surface area contributed by atoms with Gasteiger partial charge in [-0.1, -0.05) is 34.4 Å². The highest BCUT2D eigenvalue weighted by Gasteiger charge is 2.41.